The molecule has 5 nitrogen and oxygen atoms in total. The normalized spacial score (nSPS) is 17.9. The second kappa shape index (κ2) is 11.7. The number of hydrogen-bond acceptors (Lipinski definition) is 5. The van der Waals surface area contributed by atoms with Crippen molar-refractivity contribution in [3.05, 3.63) is 11.3 Å². The van der Waals surface area contributed by atoms with Gasteiger partial charge in [-0.2, -0.15) is 4.98 Å². The molecule has 1 aliphatic heterocycles. The number of aromatic nitrogens is 2. The third kappa shape index (κ3) is 6.56. The lowest BCUT2D eigenvalue weighted by Crippen LogP contribution is -2.31. The first-order chi connectivity index (χ1) is 14.2. The van der Waals surface area contributed by atoms with Gasteiger partial charge in [-0.25, -0.2) is 4.98 Å². The van der Waals surface area contributed by atoms with Gasteiger partial charge in [0.25, 0.3) is 0 Å². The van der Waals surface area contributed by atoms with Crippen LogP contribution in [0.2, 0.25) is 0 Å². The summed E-state index contributed by atoms with van der Waals surface area (Å²) in [4.78, 5) is 15.1. The summed E-state index contributed by atoms with van der Waals surface area (Å²) < 4.78 is 0. The Balaban J connectivity index is 1.68. The Morgan fingerprint density at radius 2 is 1.62 bits per heavy atom. The molecule has 1 aromatic rings. The lowest BCUT2D eigenvalue weighted by Gasteiger charge is -2.26. The lowest BCUT2D eigenvalue weighted by atomic mass is 10.0. The quantitative estimate of drug-likeness (QED) is 0.596. The fourth-order valence-electron chi connectivity index (χ4n) is 4.81. The zero-order valence-electron chi connectivity index (χ0n) is 19.2. The highest BCUT2D eigenvalue weighted by molar-refractivity contribution is 5.53. The smallest absolute Gasteiger partial charge is 0.224 e. The maximum absolute atomic E-state index is 5.07. The summed E-state index contributed by atoms with van der Waals surface area (Å²) in [7, 11) is 2.24. The minimum atomic E-state index is 0.804. The van der Waals surface area contributed by atoms with Crippen molar-refractivity contribution in [1.29, 1.82) is 0 Å². The molecular weight excluding hydrogens is 358 g/mol. The predicted octanol–water partition coefficient (Wildman–Crippen LogP) is 4.91. The highest BCUT2D eigenvalue weighted by atomic mass is 15.2. The molecule has 1 fully saturated rings. The van der Waals surface area contributed by atoms with Crippen LogP contribution < -0.4 is 10.2 Å². The van der Waals surface area contributed by atoms with Crippen molar-refractivity contribution in [2.24, 2.45) is 5.92 Å². The molecule has 5 heteroatoms. The van der Waals surface area contributed by atoms with Crippen LogP contribution in [0.4, 0.5) is 11.8 Å². The molecule has 164 valence electrons. The fraction of sp³-hybridized carbons (Fsp3) is 0.833. The van der Waals surface area contributed by atoms with Crippen molar-refractivity contribution >= 4 is 11.8 Å². The summed E-state index contributed by atoms with van der Waals surface area (Å²) in [6, 6.07) is 0. The van der Waals surface area contributed by atoms with Crippen LogP contribution in [0.3, 0.4) is 0 Å². The van der Waals surface area contributed by atoms with Gasteiger partial charge in [-0.15, -0.1) is 0 Å². The van der Waals surface area contributed by atoms with Gasteiger partial charge in [-0.3, -0.25) is 0 Å². The second-order valence-corrected chi connectivity index (χ2v) is 9.13. The molecule has 0 spiro atoms. The van der Waals surface area contributed by atoms with Crippen LogP contribution in [0.25, 0.3) is 0 Å². The third-order valence-corrected chi connectivity index (χ3v) is 6.82. The molecule has 2 heterocycles. The standard InChI is InChI=1S/C24H43N5/c1-4-20(5-2)19-28(3)18-15-25-24-26-22-14-10-8-9-13-21(22)23(27-24)29-16-11-6-7-12-17-29/h20H,4-19H2,1-3H3,(H,25,26,27). The number of nitrogens with one attached hydrogen (secondary N) is 1. The van der Waals surface area contributed by atoms with Gasteiger partial charge >= 0.3 is 0 Å². The Bertz CT molecular complexity index is 606. The van der Waals surface area contributed by atoms with Crippen LogP contribution in [-0.4, -0.2) is 54.6 Å². The molecule has 2 aliphatic rings. The van der Waals surface area contributed by atoms with E-state index in [4.69, 9.17) is 9.97 Å². The molecule has 1 N–H and O–H groups in total. The zero-order valence-corrected chi connectivity index (χ0v) is 19.2. The van der Waals surface area contributed by atoms with E-state index in [1.165, 1.54) is 81.4 Å². The van der Waals surface area contributed by atoms with Crippen LogP contribution in [0.1, 0.15) is 82.9 Å². The molecule has 0 unspecified atom stereocenters. The molecule has 1 saturated heterocycles. The van der Waals surface area contributed by atoms with Crippen molar-refractivity contribution in [2.45, 2.75) is 84.5 Å². The second-order valence-electron chi connectivity index (χ2n) is 9.13. The number of aryl methyl sites for hydroxylation is 1. The van der Waals surface area contributed by atoms with E-state index >= 15 is 0 Å². The average Bonchev–Trinajstić information content (AvgIpc) is 3.14. The van der Waals surface area contributed by atoms with Gasteiger partial charge < -0.3 is 15.1 Å². The van der Waals surface area contributed by atoms with Crippen molar-refractivity contribution < 1.29 is 0 Å². The van der Waals surface area contributed by atoms with Crippen LogP contribution in [0.15, 0.2) is 0 Å². The number of hydrogen-bond donors (Lipinski definition) is 1. The first-order valence-electron chi connectivity index (χ1n) is 12.3. The maximum Gasteiger partial charge on any atom is 0.224 e. The van der Waals surface area contributed by atoms with E-state index < -0.39 is 0 Å². The van der Waals surface area contributed by atoms with Gasteiger partial charge in [-0.1, -0.05) is 46.0 Å². The van der Waals surface area contributed by atoms with E-state index in [9.17, 15) is 0 Å². The van der Waals surface area contributed by atoms with Crippen LogP contribution in [0.5, 0.6) is 0 Å². The van der Waals surface area contributed by atoms with Crippen LogP contribution >= 0.6 is 0 Å². The summed E-state index contributed by atoms with van der Waals surface area (Å²) in [5.41, 5.74) is 2.76. The third-order valence-electron chi connectivity index (χ3n) is 6.82. The Kier molecular flexibility index (Phi) is 9.03. The molecule has 0 amide bonds. The average molecular weight is 402 g/mol. The first-order valence-corrected chi connectivity index (χ1v) is 12.3. The number of anilines is 2. The molecule has 29 heavy (non-hydrogen) atoms. The van der Waals surface area contributed by atoms with Crippen molar-refractivity contribution in [3.8, 4) is 0 Å². The lowest BCUT2D eigenvalue weighted by molar-refractivity contribution is 0.275. The minimum absolute atomic E-state index is 0.804. The van der Waals surface area contributed by atoms with Crippen molar-refractivity contribution in [1.82, 2.24) is 14.9 Å². The molecule has 0 bridgehead atoms. The van der Waals surface area contributed by atoms with Crippen LogP contribution in [0, 0.1) is 5.92 Å². The van der Waals surface area contributed by atoms with Crippen molar-refractivity contribution in [3.63, 3.8) is 0 Å². The molecule has 0 aromatic carbocycles. The number of nitrogens with zero attached hydrogens (tertiary/aromatic N) is 4. The topological polar surface area (TPSA) is 44.3 Å². The molecule has 0 radical (unpaired) electrons. The minimum Gasteiger partial charge on any atom is -0.356 e. The number of fused-ring (bicyclic) bond motifs is 1. The van der Waals surface area contributed by atoms with E-state index in [1.54, 1.807) is 0 Å². The first kappa shape index (κ1) is 22.3. The zero-order chi connectivity index (χ0) is 20.5. The Morgan fingerprint density at radius 3 is 2.34 bits per heavy atom. The Labute approximate surface area is 178 Å². The molecule has 1 aromatic heterocycles. The number of likely N-dealkylation sites (N-methyl/N-ethyl adjacent to an activating group) is 1. The highest BCUT2D eigenvalue weighted by Gasteiger charge is 2.21. The summed E-state index contributed by atoms with van der Waals surface area (Å²) in [5.74, 6) is 2.89. The van der Waals surface area contributed by atoms with E-state index in [0.717, 1.165) is 50.9 Å². The largest absolute Gasteiger partial charge is 0.356 e. The SMILES string of the molecule is CCC(CC)CN(C)CCNc1nc2c(c(N3CCCCCC3)n1)CCCCC2. The summed E-state index contributed by atoms with van der Waals surface area (Å²) in [6.07, 6.45) is 14.0. The number of rotatable bonds is 9. The maximum atomic E-state index is 5.07. The monoisotopic (exact) mass is 401 g/mol. The van der Waals surface area contributed by atoms with E-state index in [2.05, 4.69) is 36.0 Å². The van der Waals surface area contributed by atoms with Gasteiger partial charge in [0, 0.05) is 38.3 Å². The van der Waals surface area contributed by atoms with Gasteiger partial charge in [0.05, 0.1) is 5.69 Å². The molecule has 1 aliphatic carbocycles. The van der Waals surface area contributed by atoms with E-state index in [0.29, 0.717) is 0 Å². The highest BCUT2D eigenvalue weighted by Crippen LogP contribution is 2.30. The Hall–Kier alpha value is -1.36. The molecule has 0 saturated carbocycles. The van der Waals surface area contributed by atoms with Gasteiger partial charge in [0.2, 0.25) is 5.95 Å². The van der Waals surface area contributed by atoms with E-state index in [-0.39, 0.29) is 0 Å². The fourth-order valence-corrected chi connectivity index (χ4v) is 4.81. The summed E-state index contributed by atoms with van der Waals surface area (Å²) in [5, 5.41) is 3.56. The summed E-state index contributed by atoms with van der Waals surface area (Å²) in [6.45, 7) is 10.0. The molecule has 0 atom stereocenters. The van der Waals surface area contributed by atoms with E-state index in [1.807, 2.05) is 0 Å². The van der Waals surface area contributed by atoms with Crippen molar-refractivity contribution in [2.75, 3.05) is 50.0 Å². The predicted molar refractivity (Wildman–Crippen MR) is 124 cm³/mol. The van der Waals surface area contributed by atoms with Crippen LogP contribution in [-0.2, 0) is 12.8 Å². The molecular formula is C24H43N5. The Morgan fingerprint density at radius 1 is 0.931 bits per heavy atom. The van der Waals surface area contributed by atoms with Gasteiger partial charge in [0.15, 0.2) is 0 Å². The van der Waals surface area contributed by atoms with Gasteiger partial charge in [-0.05, 0) is 51.5 Å². The molecule has 3 rings (SSSR count). The summed E-state index contributed by atoms with van der Waals surface area (Å²) >= 11 is 0. The van der Waals surface area contributed by atoms with Gasteiger partial charge in [0.1, 0.15) is 5.82 Å².